The molecule has 112 valence electrons. The number of aromatic nitrogens is 1. The zero-order valence-corrected chi connectivity index (χ0v) is 12.7. The molecule has 0 aliphatic carbocycles. The number of carbonyl (C=O) groups is 1. The molecule has 1 atom stereocenters. The molecule has 0 radical (unpaired) electrons. The van der Waals surface area contributed by atoms with E-state index in [-0.39, 0.29) is 17.6 Å². The summed E-state index contributed by atoms with van der Waals surface area (Å²) in [6.07, 6.45) is 2.04. The average molecular weight is 279 g/mol. The Labute approximate surface area is 120 Å². The third kappa shape index (κ3) is 6.52. The monoisotopic (exact) mass is 279 g/mol. The normalized spacial score (nSPS) is 12.8. The van der Waals surface area contributed by atoms with Crippen molar-refractivity contribution in [1.29, 1.82) is 0 Å². The summed E-state index contributed by atoms with van der Waals surface area (Å²) in [6, 6.07) is 3.66. The molecule has 5 heteroatoms. The van der Waals surface area contributed by atoms with Gasteiger partial charge in [-0.3, -0.25) is 4.98 Å². The lowest BCUT2D eigenvalue weighted by Crippen LogP contribution is -2.41. The minimum Gasteiger partial charge on any atom is -0.393 e. The molecule has 0 saturated heterocycles. The number of amides is 2. The van der Waals surface area contributed by atoms with Gasteiger partial charge in [0.25, 0.3) is 0 Å². The Kier molecular flexibility index (Phi) is 5.95. The van der Waals surface area contributed by atoms with Crippen LogP contribution in [0.4, 0.5) is 4.79 Å². The summed E-state index contributed by atoms with van der Waals surface area (Å²) in [5.41, 5.74) is 1.80. The summed E-state index contributed by atoms with van der Waals surface area (Å²) in [4.78, 5) is 15.9. The van der Waals surface area contributed by atoms with E-state index in [0.29, 0.717) is 19.5 Å². The Morgan fingerprint density at radius 1 is 1.40 bits per heavy atom. The van der Waals surface area contributed by atoms with Crippen LogP contribution in [-0.4, -0.2) is 28.8 Å². The van der Waals surface area contributed by atoms with Crippen molar-refractivity contribution in [3.63, 3.8) is 0 Å². The number of hydrogen-bond acceptors (Lipinski definition) is 3. The lowest BCUT2D eigenvalue weighted by molar-refractivity contribution is 0.129. The fourth-order valence-corrected chi connectivity index (χ4v) is 2.04. The molecule has 0 bridgehead atoms. The second-order valence-electron chi connectivity index (χ2n) is 6.06. The predicted molar refractivity (Wildman–Crippen MR) is 79.3 cm³/mol. The van der Waals surface area contributed by atoms with E-state index in [9.17, 15) is 9.90 Å². The van der Waals surface area contributed by atoms with E-state index in [4.69, 9.17) is 0 Å². The van der Waals surface area contributed by atoms with Gasteiger partial charge in [-0.05, 0) is 37.3 Å². The highest BCUT2D eigenvalue weighted by molar-refractivity contribution is 5.73. The number of rotatable bonds is 6. The quantitative estimate of drug-likeness (QED) is 0.745. The van der Waals surface area contributed by atoms with Crippen LogP contribution in [0.1, 0.15) is 38.4 Å². The van der Waals surface area contributed by atoms with Gasteiger partial charge in [-0.15, -0.1) is 0 Å². The van der Waals surface area contributed by atoms with Crippen LogP contribution in [0.5, 0.6) is 0 Å². The first-order valence-electron chi connectivity index (χ1n) is 6.90. The molecule has 0 spiro atoms. The second kappa shape index (κ2) is 7.24. The number of carbonyl (C=O) groups excluding carboxylic acids is 1. The van der Waals surface area contributed by atoms with Crippen molar-refractivity contribution in [2.45, 2.75) is 46.8 Å². The molecular formula is C15H25N3O2. The Morgan fingerprint density at radius 2 is 2.10 bits per heavy atom. The lowest BCUT2D eigenvalue weighted by Gasteiger charge is -2.26. The molecule has 1 aromatic rings. The van der Waals surface area contributed by atoms with E-state index >= 15 is 0 Å². The van der Waals surface area contributed by atoms with Crippen molar-refractivity contribution in [1.82, 2.24) is 15.6 Å². The Morgan fingerprint density at radius 3 is 2.65 bits per heavy atom. The van der Waals surface area contributed by atoms with Gasteiger partial charge in [0.15, 0.2) is 0 Å². The topological polar surface area (TPSA) is 74.2 Å². The molecule has 2 amide bonds. The van der Waals surface area contributed by atoms with Gasteiger partial charge in [-0.2, -0.15) is 0 Å². The number of hydrogen-bond donors (Lipinski definition) is 3. The summed E-state index contributed by atoms with van der Waals surface area (Å²) in [5, 5.41) is 15.0. The maximum atomic E-state index is 11.7. The molecule has 0 unspecified atom stereocenters. The van der Waals surface area contributed by atoms with Crippen LogP contribution in [-0.2, 0) is 6.54 Å². The van der Waals surface area contributed by atoms with Crippen LogP contribution < -0.4 is 10.6 Å². The van der Waals surface area contributed by atoms with Gasteiger partial charge in [0.2, 0.25) is 0 Å². The Hall–Kier alpha value is -1.62. The SMILES string of the molecule is Cc1ccc(CNC(=O)NCC(C)(C)C[C@H](C)O)cn1. The van der Waals surface area contributed by atoms with E-state index in [2.05, 4.69) is 15.6 Å². The minimum atomic E-state index is -0.367. The van der Waals surface area contributed by atoms with Crippen LogP contribution >= 0.6 is 0 Å². The fraction of sp³-hybridized carbons (Fsp3) is 0.600. The first-order chi connectivity index (χ1) is 9.28. The molecule has 0 saturated carbocycles. The average Bonchev–Trinajstić information content (AvgIpc) is 2.34. The molecule has 3 N–H and O–H groups in total. The van der Waals surface area contributed by atoms with E-state index in [1.807, 2.05) is 32.9 Å². The molecule has 1 rings (SSSR count). The highest BCUT2D eigenvalue weighted by Gasteiger charge is 2.20. The molecule has 5 nitrogen and oxygen atoms in total. The summed E-state index contributed by atoms with van der Waals surface area (Å²) in [6.45, 7) is 8.69. The van der Waals surface area contributed by atoms with Crippen LogP contribution in [0.15, 0.2) is 18.3 Å². The summed E-state index contributed by atoms with van der Waals surface area (Å²) < 4.78 is 0. The smallest absolute Gasteiger partial charge is 0.315 e. The highest BCUT2D eigenvalue weighted by Crippen LogP contribution is 2.20. The number of pyridine rings is 1. The van der Waals surface area contributed by atoms with Crippen LogP contribution in [0.2, 0.25) is 0 Å². The van der Waals surface area contributed by atoms with Gasteiger partial charge in [0, 0.05) is 25.0 Å². The minimum absolute atomic E-state index is 0.128. The largest absolute Gasteiger partial charge is 0.393 e. The third-order valence-corrected chi connectivity index (χ3v) is 3.00. The Balaban J connectivity index is 2.32. The molecule has 0 fully saturated rings. The van der Waals surface area contributed by atoms with E-state index < -0.39 is 0 Å². The third-order valence-electron chi connectivity index (χ3n) is 3.00. The van der Waals surface area contributed by atoms with Crippen molar-refractivity contribution < 1.29 is 9.90 Å². The molecule has 0 aromatic carbocycles. The molecular weight excluding hydrogens is 254 g/mol. The zero-order chi connectivity index (χ0) is 15.2. The predicted octanol–water partition coefficient (Wildman–Crippen LogP) is 1.99. The standard InChI is InChI=1S/C15H25N3O2/c1-11-5-6-13(8-16-11)9-17-14(20)18-10-15(3,4)7-12(2)19/h5-6,8,12,19H,7,9-10H2,1-4H3,(H2,17,18,20)/t12-/m0/s1. The molecule has 20 heavy (non-hydrogen) atoms. The number of aryl methyl sites for hydroxylation is 1. The summed E-state index contributed by atoms with van der Waals surface area (Å²) in [5.74, 6) is 0. The number of aliphatic hydroxyl groups excluding tert-OH is 1. The molecule has 0 aliphatic heterocycles. The molecule has 0 aliphatic rings. The van der Waals surface area contributed by atoms with Crippen molar-refractivity contribution in [2.24, 2.45) is 5.41 Å². The number of aliphatic hydroxyl groups is 1. The van der Waals surface area contributed by atoms with Gasteiger partial charge in [0.05, 0.1) is 6.10 Å². The van der Waals surface area contributed by atoms with Crippen molar-refractivity contribution >= 4 is 6.03 Å². The van der Waals surface area contributed by atoms with Crippen molar-refractivity contribution in [3.05, 3.63) is 29.6 Å². The van der Waals surface area contributed by atoms with Crippen LogP contribution in [0.3, 0.4) is 0 Å². The second-order valence-corrected chi connectivity index (χ2v) is 6.06. The van der Waals surface area contributed by atoms with E-state index in [1.165, 1.54) is 0 Å². The van der Waals surface area contributed by atoms with E-state index in [0.717, 1.165) is 11.3 Å². The van der Waals surface area contributed by atoms with Crippen LogP contribution in [0, 0.1) is 12.3 Å². The van der Waals surface area contributed by atoms with Gasteiger partial charge in [-0.1, -0.05) is 19.9 Å². The first kappa shape index (κ1) is 16.4. The maximum absolute atomic E-state index is 11.7. The molecule has 1 aromatic heterocycles. The fourth-order valence-electron chi connectivity index (χ4n) is 2.04. The van der Waals surface area contributed by atoms with Gasteiger partial charge in [-0.25, -0.2) is 4.79 Å². The maximum Gasteiger partial charge on any atom is 0.315 e. The van der Waals surface area contributed by atoms with Crippen molar-refractivity contribution in [2.75, 3.05) is 6.54 Å². The summed E-state index contributed by atoms with van der Waals surface area (Å²) >= 11 is 0. The number of nitrogens with zero attached hydrogens (tertiary/aromatic N) is 1. The zero-order valence-electron chi connectivity index (χ0n) is 12.7. The van der Waals surface area contributed by atoms with E-state index in [1.54, 1.807) is 13.1 Å². The van der Waals surface area contributed by atoms with Gasteiger partial charge >= 0.3 is 6.03 Å². The Bertz CT molecular complexity index is 427. The first-order valence-corrected chi connectivity index (χ1v) is 6.90. The highest BCUT2D eigenvalue weighted by atomic mass is 16.3. The summed E-state index contributed by atoms with van der Waals surface area (Å²) in [7, 11) is 0. The molecule has 1 heterocycles. The number of nitrogens with one attached hydrogen (secondary N) is 2. The van der Waals surface area contributed by atoms with Crippen molar-refractivity contribution in [3.8, 4) is 0 Å². The lowest BCUT2D eigenvalue weighted by atomic mass is 9.87. The number of urea groups is 1. The van der Waals surface area contributed by atoms with Crippen LogP contribution in [0.25, 0.3) is 0 Å². The van der Waals surface area contributed by atoms with Gasteiger partial charge < -0.3 is 15.7 Å². The van der Waals surface area contributed by atoms with Gasteiger partial charge in [0.1, 0.15) is 0 Å².